The molecule has 1 heterocycles. The maximum absolute atomic E-state index is 14.0. The zero-order chi connectivity index (χ0) is 13.2. The molecule has 1 fully saturated rings. The maximum Gasteiger partial charge on any atom is 0.285 e. The molecule has 2 rings (SSSR count). The summed E-state index contributed by atoms with van der Waals surface area (Å²) in [7, 11) is 0. The van der Waals surface area contributed by atoms with Gasteiger partial charge in [-0.1, -0.05) is 30.3 Å². The number of piperidine rings is 1. The molecule has 1 aromatic rings. The first-order chi connectivity index (χ1) is 8.39. The van der Waals surface area contributed by atoms with E-state index in [0.29, 0.717) is 25.9 Å². The highest BCUT2D eigenvalue weighted by Gasteiger charge is 2.36. The molecule has 0 aromatic heterocycles. The van der Waals surface area contributed by atoms with Gasteiger partial charge in [-0.2, -0.15) is 8.78 Å². The van der Waals surface area contributed by atoms with Crippen molar-refractivity contribution < 1.29 is 13.9 Å². The SMILES string of the molecule is CC1(O)CCN(CC(F)(F)c2ccccc2)CC1. The van der Waals surface area contributed by atoms with Gasteiger partial charge in [0.15, 0.2) is 0 Å². The molecular formula is C14H19F2NO. The van der Waals surface area contributed by atoms with Crippen LogP contribution in [0.4, 0.5) is 8.78 Å². The molecule has 0 amide bonds. The van der Waals surface area contributed by atoms with E-state index >= 15 is 0 Å². The summed E-state index contributed by atoms with van der Waals surface area (Å²) in [6.45, 7) is 2.54. The smallest absolute Gasteiger partial charge is 0.285 e. The van der Waals surface area contributed by atoms with Crippen molar-refractivity contribution in [3.8, 4) is 0 Å². The van der Waals surface area contributed by atoms with E-state index in [1.54, 1.807) is 30.0 Å². The second-order valence-electron chi connectivity index (χ2n) is 5.34. The van der Waals surface area contributed by atoms with E-state index in [1.807, 2.05) is 0 Å². The summed E-state index contributed by atoms with van der Waals surface area (Å²) in [4.78, 5) is 1.73. The van der Waals surface area contributed by atoms with Crippen LogP contribution in [-0.4, -0.2) is 35.2 Å². The van der Waals surface area contributed by atoms with Crippen molar-refractivity contribution >= 4 is 0 Å². The molecule has 18 heavy (non-hydrogen) atoms. The molecule has 0 spiro atoms. The van der Waals surface area contributed by atoms with Crippen molar-refractivity contribution in [3.63, 3.8) is 0 Å². The van der Waals surface area contributed by atoms with Crippen molar-refractivity contribution in [1.29, 1.82) is 0 Å². The summed E-state index contributed by atoms with van der Waals surface area (Å²) in [5.41, 5.74) is -0.638. The molecule has 0 radical (unpaired) electrons. The molecule has 100 valence electrons. The van der Waals surface area contributed by atoms with Gasteiger partial charge in [-0.05, 0) is 19.8 Å². The van der Waals surface area contributed by atoms with Gasteiger partial charge >= 0.3 is 0 Å². The zero-order valence-corrected chi connectivity index (χ0v) is 10.6. The number of aliphatic hydroxyl groups is 1. The molecule has 4 heteroatoms. The van der Waals surface area contributed by atoms with Gasteiger partial charge in [0.25, 0.3) is 5.92 Å². The Morgan fingerprint density at radius 2 is 1.78 bits per heavy atom. The molecule has 1 aliphatic rings. The van der Waals surface area contributed by atoms with E-state index in [2.05, 4.69) is 0 Å². The molecule has 0 bridgehead atoms. The number of nitrogens with zero attached hydrogens (tertiary/aromatic N) is 1. The Morgan fingerprint density at radius 1 is 1.22 bits per heavy atom. The van der Waals surface area contributed by atoms with Crippen molar-refractivity contribution in [2.75, 3.05) is 19.6 Å². The molecular weight excluding hydrogens is 236 g/mol. The first-order valence-electron chi connectivity index (χ1n) is 6.27. The molecule has 1 saturated heterocycles. The third-order valence-corrected chi connectivity index (χ3v) is 3.55. The Hall–Kier alpha value is -1.00. The summed E-state index contributed by atoms with van der Waals surface area (Å²) in [6.07, 6.45) is 1.11. The molecule has 0 saturated carbocycles. The van der Waals surface area contributed by atoms with Gasteiger partial charge in [0, 0.05) is 18.7 Å². The minimum Gasteiger partial charge on any atom is -0.390 e. The standard InChI is InChI=1S/C14H19F2NO/c1-13(18)7-9-17(10-8-13)11-14(15,16)12-5-3-2-4-6-12/h2-6,18H,7-11H2,1H3. The van der Waals surface area contributed by atoms with Crippen LogP contribution in [0.2, 0.25) is 0 Å². The van der Waals surface area contributed by atoms with Crippen LogP contribution >= 0.6 is 0 Å². The Kier molecular flexibility index (Phi) is 3.69. The number of likely N-dealkylation sites (tertiary alicyclic amines) is 1. The van der Waals surface area contributed by atoms with Crippen LogP contribution in [-0.2, 0) is 5.92 Å². The molecule has 2 nitrogen and oxygen atoms in total. The lowest BCUT2D eigenvalue weighted by Crippen LogP contribution is -2.46. The number of halogens is 2. The fraction of sp³-hybridized carbons (Fsp3) is 0.571. The number of hydrogen-bond acceptors (Lipinski definition) is 2. The van der Waals surface area contributed by atoms with Crippen LogP contribution < -0.4 is 0 Å². The van der Waals surface area contributed by atoms with Gasteiger partial charge in [0.05, 0.1) is 12.1 Å². The fourth-order valence-corrected chi connectivity index (χ4v) is 2.25. The second kappa shape index (κ2) is 4.94. The summed E-state index contributed by atoms with van der Waals surface area (Å²) in [6, 6.07) is 7.91. The Labute approximate surface area is 106 Å². The van der Waals surface area contributed by atoms with Gasteiger partial charge in [0.1, 0.15) is 0 Å². The Bertz CT molecular complexity index is 382. The molecule has 0 atom stereocenters. The van der Waals surface area contributed by atoms with E-state index in [1.165, 1.54) is 12.1 Å². The van der Waals surface area contributed by atoms with Gasteiger partial charge < -0.3 is 5.11 Å². The highest BCUT2D eigenvalue weighted by Crippen LogP contribution is 2.31. The van der Waals surface area contributed by atoms with E-state index < -0.39 is 11.5 Å². The van der Waals surface area contributed by atoms with Gasteiger partial charge in [0.2, 0.25) is 0 Å². The van der Waals surface area contributed by atoms with E-state index in [4.69, 9.17) is 0 Å². The van der Waals surface area contributed by atoms with Crippen LogP contribution in [0.15, 0.2) is 30.3 Å². The largest absolute Gasteiger partial charge is 0.390 e. The average Bonchev–Trinajstić information content (AvgIpc) is 2.33. The normalized spacial score (nSPS) is 20.9. The predicted octanol–water partition coefficient (Wildman–Crippen LogP) is 2.63. The molecule has 0 aliphatic carbocycles. The Morgan fingerprint density at radius 3 is 2.33 bits per heavy atom. The molecule has 0 unspecified atom stereocenters. The second-order valence-corrected chi connectivity index (χ2v) is 5.34. The highest BCUT2D eigenvalue weighted by atomic mass is 19.3. The van der Waals surface area contributed by atoms with Crippen LogP contribution in [0.25, 0.3) is 0 Å². The average molecular weight is 255 g/mol. The highest BCUT2D eigenvalue weighted by molar-refractivity contribution is 5.20. The van der Waals surface area contributed by atoms with Crippen LogP contribution in [0.3, 0.4) is 0 Å². The third kappa shape index (κ3) is 3.27. The minimum atomic E-state index is -2.83. The molecule has 1 aromatic carbocycles. The van der Waals surface area contributed by atoms with Crippen molar-refractivity contribution in [2.45, 2.75) is 31.3 Å². The summed E-state index contributed by atoms with van der Waals surface area (Å²) < 4.78 is 28.1. The third-order valence-electron chi connectivity index (χ3n) is 3.55. The summed E-state index contributed by atoms with van der Waals surface area (Å²) in [5.74, 6) is -2.83. The van der Waals surface area contributed by atoms with Gasteiger partial charge in [-0.15, -0.1) is 0 Å². The van der Waals surface area contributed by atoms with E-state index in [-0.39, 0.29) is 12.1 Å². The maximum atomic E-state index is 14.0. The summed E-state index contributed by atoms with van der Waals surface area (Å²) >= 11 is 0. The van der Waals surface area contributed by atoms with Crippen LogP contribution in [0.1, 0.15) is 25.3 Å². The topological polar surface area (TPSA) is 23.5 Å². The lowest BCUT2D eigenvalue weighted by atomic mass is 9.93. The van der Waals surface area contributed by atoms with Crippen LogP contribution in [0, 0.1) is 0 Å². The van der Waals surface area contributed by atoms with Crippen molar-refractivity contribution in [2.24, 2.45) is 0 Å². The van der Waals surface area contributed by atoms with Gasteiger partial charge in [-0.25, -0.2) is 0 Å². The van der Waals surface area contributed by atoms with Crippen molar-refractivity contribution in [1.82, 2.24) is 4.90 Å². The first kappa shape index (κ1) is 13.4. The quantitative estimate of drug-likeness (QED) is 0.897. The Balaban J connectivity index is 1.97. The lowest BCUT2D eigenvalue weighted by Gasteiger charge is -2.37. The predicted molar refractivity (Wildman–Crippen MR) is 66.6 cm³/mol. The monoisotopic (exact) mass is 255 g/mol. The fourth-order valence-electron chi connectivity index (χ4n) is 2.25. The van der Waals surface area contributed by atoms with E-state index in [9.17, 15) is 13.9 Å². The summed E-state index contributed by atoms with van der Waals surface area (Å²) in [5, 5.41) is 9.79. The zero-order valence-electron chi connectivity index (χ0n) is 10.6. The minimum absolute atomic E-state index is 0.0577. The molecule has 1 N–H and O–H groups in total. The number of rotatable bonds is 3. The van der Waals surface area contributed by atoms with Crippen molar-refractivity contribution in [3.05, 3.63) is 35.9 Å². The first-order valence-corrected chi connectivity index (χ1v) is 6.27. The number of alkyl halides is 2. The molecule has 1 aliphatic heterocycles. The lowest BCUT2D eigenvalue weighted by molar-refractivity contribution is -0.0665. The van der Waals surface area contributed by atoms with Gasteiger partial charge in [-0.3, -0.25) is 4.90 Å². The number of hydrogen-bond donors (Lipinski definition) is 1. The number of benzene rings is 1. The van der Waals surface area contributed by atoms with Crippen LogP contribution in [0.5, 0.6) is 0 Å². The van der Waals surface area contributed by atoms with E-state index in [0.717, 1.165) is 0 Å².